The Labute approximate surface area is 147 Å². The van der Waals surface area contributed by atoms with Crippen LogP contribution in [0.15, 0.2) is 42.5 Å². The van der Waals surface area contributed by atoms with E-state index in [4.69, 9.17) is 22.1 Å². The van der Waals surface area contributed by atoms with Crippen LogP contribution in [0.4, 0.5) is 17.1 Å². The van der Waals surface area contributed by atoms with Gasteiger partial charge in [-0.1, -0.05) is 17.7 Å². The van der Waals surface area contributed by atoms with Gasteiger partial charge in [-0.3, -0.25) is 14.9 Å². The normalized spacial score (nSPS) is 11.4. The second kappa shape index (κ2) is 7.63. The third-order valence-corrected chi connectivity index (χ3v) is 3.45. The maximum atomic E-state index is 12.1. The number of rotatable bonds is 5. The lowest BCUT2D eigenvalue weighted by molar-refractivity contribution is -0.384. The minimum Gasteiger partial charge on any atom is -0.449 e. The predicted octanol–water partition coefficient (Wildman–Crippen LogP) is 3.01. The number of amides is 1. The van der Waals surface area contributed by atoms with Gasteiger partial charge in [0.25, 0.3) is 11.6 Å². The fourth-order valence-corrected chi connectivity index (χ4v) is 2.12. The van der Waals surface area contributed by atoms with E-state index in [1.165, 1.54) is 49.4 Å². The molecule has 0 aromatic heterocycles. The van der Waals surface area contributed by atoms with Crippen molar-refractivity contribution in [3.05, 3.63) is 63.2 Å². The zero-order valence-electron chi connectivity index (χ0n) is 13.1. The molecule has 2 rings (SSSR count). The molecule has 130 valence electrons. The van der Waals surface area contributed by atoms with Crippen molar-refractivity contribution in [2.75, 3.05) is 11.1 Å². The number of nitrogens with one attached hydrogen (secondary N) is 1. The number of nitro groups is 1. The first-order valence-corrected chi connectivity index (χ1v) is 7.47. The number of hydrogen-bond donors (Lipinski definition) is 2. The summed E-state index contributed by atoms with van der Waals surface area (Å²) in [5.74, 6) is -1.42. The lowest BCUT2D eigenvalue weighted by Crippen LogP contribution is -2.30. The van der Waals surface area contributed by atoms with E-state index in [-0.39, 0.29) is 22.6 Å². The monoisotopic (exact) mass is 363 g/mol. The van der Waals surface area contributed by atoms with E-state index < -0.39 is 22.9 Å². The molecular formula is C16H14ClN3O5. The van der Waals surface area contributed by atoms with Crippen LogP contribution in [0.5, 0.6) is 0 Å². The number of esters is 1. The van der Waals surface area contributed by atoms with Crippen LogP contribution in [0.3, 0.4) is 0 Å². The average Bonchev–Trinajstić information content (AvgIpc) is 2.54. The van der Waals surface area contributed by atoms with E-state index in [0.717, 1.165) is 0 Å². The molecule has 1 atom stereocenters. The first-order valence-electron chi connectivity index (χ1n) is 7.09. The van der Waals surface area contributed by atoms with Crippen molar-refractivity contribution in [2.45, 2.75) is 13.0 Å². The molecule has 1 amide bonds. The second-order valence-electron chi connectivity index (χ2n) is 5.08. The van der Waals surface area contributed by atoms with Crippen molar-refractivity contribution >= 4 is 40.5 Å². The van der Waals surface area contributed by atoms with Crippen LogP contribution in [0.25, 0.3) is 0 Å². The Bertz CT molecular complexity index is 840. The number of nitrogens with two attached hydrogens (primary N) is 1. The van der Waals surface area contributed by atoms with Gasteiger partial charge in [0.05, 0.1) is 10.5 Å². The van der Waals surface area contributed by atoms with Crippen LogP contribution < -0.4 is 11.1 Å². The van der Waals surface area contributed by atoms with Crippen molar-refractivity contribution in [3.63, 3.8) is 0 Å². The Morgan fingerprint density at radius 3 is 2.64 bits per heavy atom. The van der Waals surface area contributed by atoms with Crippen molar-refractivity contribution < 1.29 is 19.2 Å². The van der Waals surface area contributed by atoms with Gasteiger partial charge in [0, 0.05) is 28.5 Å². The second-order valence-corrected chi connectivity index (χ2v) is 5.51. The van der Waals surface area contributed by atoms with Gasteiger partial charge in [0.1, 0.15) is 0 Å². The third-order valence-electron chi connectivity index (χ3n) is 3.21. The average molecular weight is 364 g/mol. The summed E-state index contributed by atoms with van der Waals surface area (Å²) >= 11 is 5.76. The molecule has 25 heavy (non-hydrogen) atoms. The van der Waals surface area contributed by atoms with E-state index in [1.54, 1.807) is 0 Å². The molecule has 8 nitrogen and oxygen atoms in total. The molecule has 0 unspecified atom stereocenters. The number of hydrogen-bond acceptors (Lipinski definition) is 6. The summed E-state index contributed by atoms with van der Waals surface area (Å²) < 4.78 is 5.06. The Balaban J connectivity index is 2.03. The quantitative estimate of drug-likeness (QED) is 0.364. The van der Waals surface area contributed by atoms with Crippen LogP contribution in [-0.2, 0) is 9.53 Å². The molecule has 0 fully saturated rings. The Morgan fingerprint density at radius 2 is 2.00 bits per heavy atom. The zero-order valence-corrected chi connectivity index (χ0v) is 13.8. The van der Waals surface area contributed by atoms with Gasteiger partial charge in [-0.15, -0.1) is 0 Å². The van der Waals surface area contributed by atoms with Crippen LogP contribution in [-0.4, -0.2) is 22.9 Å². The number of ether oxygens (including phenoxy) is 1. The molecule has 0 aliphatic heterocycles. The largest absolute Gasteiger partial charge is 0.449 e. The SMILES string of the molecule is C[C@H](OC(=O)c1ccc(Cl)cc1N)C(=O)Nc1cccc([N+](=O)[O-])c1. The Hall–Kier alpha value is -3.13. The minimum absolute atomic E-state index is 0.0828. The number of carbonyl (C=O) groups excluding carboxylic acids is 2. The first-order chi connectivity index (χ1) is 11.8. The number of carbonyl (C=O) groups is 2. The molecule has 3 N–H and O–H groups in total. The topological polar surface area (TPSA) is 125 Å². The number of anilines is 2. The molecule has 0 bridgehead atoms. The summed E-state index contributed by atoms with van der Waals surface area (Å²) in [6.45, 7) is 1.37. The maximum Gasteiger partial charge on any atom is 0.341 e. The number of benzene rings is 2. The van der Waals surface area contributed by atoms with E-state index in [0.29, 0.717) is 5.02 Å². The van der Waals surface area contributed by atoms with Crippen LogP contribution in [0.2, 0.25) is 5.02 Å². The number of non-ortho nitro benzene ring substituents is 1. The fourth-order valence-electron chi connectivity index (χ4n) is 1.94. The van der Waals surface area contributed by atoms with Crippen molar-refractivity contribution in [2.24, 2.45) is 0 Å². The Kier molecular flexibility index (Phi) is 5.56. The lowest BCUT2D eigenvalue weighted by atomic mass is 10.2. The minimum atomic E-state index is -1.14. The molecule has 2 aromatic carbocycles. The zero-order chi connectivity index (χ0) is 18.6. The fraction of sp³-hybridized carbons (Fsp3) is 0.125. The van der Waals surface area contributed by atoms with Gasteiger partial charge in [0.15, 0.2) is 6.10 Å². The van der Waals surface area contributed by atoms with E-state index in [9.17, 15) is 19.7 Å². The molecule has 0 saturated heterocycles. The van der Waals surface area contributed by atoms with E-state index in [1.807, 2.05) is 0 Å². The summed E-state index contributed by atoms with van der Waals surface area (Å²) in [7, 11) is 0. The first kappa shape index (κ1) is 18.2. The summed E-state index contributed by atoms with van der Waals surface area (Å²) in [5, 5.41) is 13.5. The molecule has 0 spiro atoms. The molecule has 0 aliphatic rings. The molecule has 0 heterocycles. The number of nitro benzene ring substituents is 1. The van der Waals surface area contributed by atoms with Gasteiger partial charge in [-0.05, 0) is 31.2 Å². The Morgan fingerprint density at radius 1 is 1.28 bits per heavy atom. The van der Waals surface area contributed by atoms with E-state index in [2.05, 4.69) is 5.32 Å². The summed E-state index contributed by atoms with van der Waals surface area (Å²) in [6, 6.07) is 9.67. The molecule has 0 radical (unpaired) electrons. The van der Waals surface area contributed by atoms with Crippen LogP contribution in [0.1, 0.15) is 17.3 Å². The highest BCUT2D eigenvalue weighted by molar-refractivity contribution is 6.31. The summed E-state index contributed by atoms with van der Waals surface area (Å²) in [6.07, 6.45) is -1.14. The van der Waals surface area contributed by atoms with E-state index >= 15 is 0 Å². The van der Waals surface area contributed by atoms with Gasteiger partial charge in [0.2, 0.25) is 0 Å². The van der Waals surface area contributed by atoms with Gasteiger partial charge in [-0.25, -0.2) is 4.79 Å². The third kappa shape index (κ3) is 4.67. The molecule has 0 saturated carbocycles. The van der Waals surface area contributed by atoms with Crippen molar-refractivity contribution in [1.82, 2.24) is 0 Å². The molecule has 2 aromatic rings. The van der Waals surface area contributed by atoms with Crippen LogP contribution in [0, 0.1) is 10.1 Å². The highest BCUT2D eigenvalue weighted by Gasteiger charge is 2.21. The summed E-state index contributed by atoms with van der Waals surface area (Å²) in [5.41, 5.74) is 5.95. The standard InChI is InChI=1S/C16H14ClN3O5/c1-9(25-16(22)13-6-5-10(17)7-14(13)18)15(21)19-11-3-2-4-12(8-11)20(23)24/h2-9H,18H2,1H3,(H,19,21)/t9-/m0/s1. The van der Waals surface area contributed by atoms with Gasteiger partial charge in [-0.2, -0.15) is 0 Å². The highest BCUT2D eigenvalue weighted by atomic mass is 35.5. The van der Waals surface area contributed by atoms with Crippen molar-refractivity contribution in [3.8, 4) is 0 Å². The maximum absolute atomic E-state index is 12.1. The van der Waals surface area contributed by atoms with Crippen LogP contribution >= 0.6 is 11.6 Å². The number of nitrogen functional groups attached to an aromatic ring is 1. The molecular weight excluding hydrogens is 350 g/mol. The summed E-state index contributed by atoms with van der Waals surface area (Å²) in [4.78, 5) is 34.3. The number of halogens is 1. The van der Waals surface area contributed by atoms with Gasteiger partial charge >= 0.3 is 5.97 Å². The molecule has 9 heteroatoms. The smallest absolute Gasteiger partial charge is 0.341 e. The van der Waals surface area contributed by atoms with Gasteiger partial charge < -0.3 is 15.8 Å². The highest BCUT2D eigenvalue weighted by Crippen LogP contribution is 2.20. The predicted molar refractivity (Wildman–Crippen MR) is 92.5 cm³/mol. The number of nitrogens with zero attached hydrogens (tertiary/aromatic N) is 1. The van der Waals surface area contributed by atoms with Crippen molar-refractivity contribution in [1.29, 1.82) is 0 Å². The lowest BCUT2D eigenvalue weighted by Gasteiger charge is -2.14. The molecule has 0 aliphatic carbocycles.